The van der Waals surface area contributed by atoms with Crippen LogP contribution in [0.15, 0.2) is 12.4 Å². The van der Waals surface area contributed by atoms with Gasteiger partial charge in [0.1, 0.15) is 0 Å². The molecule has 0 aliphatic carbocycles. The predicted molar refractivity (Wildman–Crippen MR) is 84.0 cm³/mol. The van der Waals surface area contributed by atoms with Crippen LogP contribution < -0.4 is 5.32 Å². The van der Waals surface area contributed by atoms with E-state index in [-0.39, 0.29) is 17.5 Å². The third-order valence-corrected chi connectivity index (χ3v) is 3.97. The molecular formula is C16H28N4O. The van der Waals surface area contributed by atoms with Gasteiger partial charge in [0, 0.05) is 31.4 Å². The van der Waals surface area contributed by atoms with Gasteiger partial charge in [-0.25, -0.2) is 0 Å². The van der Waals surface area contributed by atoms with Crippen LogP contribution in [-0.4, -0.2) is 39.7 Å². The van der Waals surface area contributed by atoms with E-state index in [0.29, 0.717) is 6.54 Å². The third kappa shape index (κ3) is 4.30. The van der Waals surface area contributed by atoms with E-state index in [1.54, 1.807) is 0 Å². The van der Waals surface area contributed by atoms with Crippen molar-refractivity contribution in [3.63, 3.8) is 0 Å². The lowest BCUT2D eigenvalue weighted by atomic mass is 10.1. The highest BCUT2D eigenvalue weighted by Gasteiger charge is 2.22. The Morgan fingerprint density at radius 2 is 2.00 bits per heavy atom. The standard InChI is InChI=1S/C16H28N4O/c1-13(15(21)19-8-6-5-7-9-19)17-10-14-11-18-20(12-14)16(2,3)4/h11-13,17H,5-10H2,1-4H3. The molecule has 1 atom stereocenters. The zero-order valence-corrected chi connectivity index (χ0v) is 13.7. The van der Waals surface area contributed by atoms with Crippen LogP contribution in [0.4, 0.5) is 0 Å². The topological polar surface area (TPSA) is 50.2 Å². The molecule has 0 spiro atoms. The van der Waals surface area contributed by atoms with Gasteiger partial charge in [0.25, 0.3) is 0 Å². The summed E-state index contributed by atoms with van der Waals surface area (Å²) in [5.41, 5.74) is 1.11. The van der Waals surface area contributed by atoms with Crippen LogP contribution in [0.1, 0.15) is 52.5 Å². The van der Waals surface area contributed by atoms with Crippen molar-refractivity contribution in [2.24, 2.45) is 0 Å². The van der Waals surface area contributed by atoms with Crippen molar-refractivity contribution in [3.8, 4) is 0 Å². The van der Waals surface area contributed by atoms with Crippen molar-refractivity contribution in [1.29, 1.82) is 0 Å². The average Bonchev–Trinajstić information content (AvgIpc) is 2.94. The van der Waals surface area contributed by atoms with E-state index in [1.807, 2.05) is 28.9 Å². The molecule has 1 fully saturated rings. The lowest BCUT2D eigenvalue weighted by Crippen LogP contribution is -2.46. The van der Waals surface area contributed by atoms with Gasteiger partial charge in [-0.2, -0.15) is 5.10 Å². The normalized spacial score (nSPS) is 17.8. The Hall–Kier alpha value is -1.36. The van der Waals surface area contributed by atoms with Crippen molar-refractivity contribution >= 4 is 5.91 Å². The quantitative estimate of drug-likeness (QED) is 0.925. The number of amides is 1. The second-order valence-electron chi connectivity index (χ2n) is 6.95. The number of rotatable bonds is 4. The molecule has 5 heteroatoms. The molecule has 1 amide bonds. The van der Waals surface area contributed by atoms with Gasteiger partial charge in [0.2, 0.25) is 5.91 Å². The van der Waals surface area contributed by atoms with Crippen LogP contribution in [0.3, 0.4) is 0 Å². The highest BCUT2D eigenvalue weighted by Crippen LogP contribution is 2.13. The first kappa shape index (κ1) is 16.0. The summed E-state index contributed by atoms with van der Waals surface area (Å²) in [4.78, 5) is 14.3. The first-order valence-electron chi connectivity index (χ1n) is 7.94. The molecule has 2 rings (SSSR count). The molecule has 0 bridgehead atoms. The minimum Gasteiger partial charge on any atom is -0.341 e. The smallest absolute Gasteiger partial charge is 0.239 e. The van der Waals surface area contributed by atoms with Crippen molar-refractivity contribution in [1.82, 2.24) is 20.0 Å². The van der Waals surface area contributed by atoms with E-state index in [9.17, 15) is 4.79 Å². The van der Waals surface area contributed by atoms with Crippen molar-refractivity contribution in [3.05, 3.63) is 18.0 Å². The van der Waals surface area contributed by atoms with Crippen molar-refractivity contribution in [2.75, 3.05) is 13.1 Å². The monoisotopic (exact) mass is 292 g/mol. The Kier molecular flexibility index (Phi) is 5.04. The summed E-state index contributed by atoms with van der Waals surface area (Å²) in [5.74, 6) is 0.220. The summed E-state index contributed by atoms with van der Waals surface area (Å²) < 4.78 is 1.96. The summed E-state index contributed by atoms with van der Waals surface area (Å²) in [6.07, 6.45) is 7.44. The zero-order chi connectivity index (χ0) is 15.5. The second kappa shape index (κ2) is 6.60. The van der Waals surface area contributed by atoms with Gasteiger partial charge in [-0.1, -0.05) is 0 Å². The number of carbonyl (C=O) groups is 1. The van der Waals surface area contributed by atoms with Gasteiger partial charge in [0.15, 0.2) is 0 Å². The van der Waals surface area contributed by atoms with Crippen LogP contribution in [0.25, 0.3) is 0 Å². The molecule has 1 aromatic rings. The fourth-order valence-corrected chi connectivity index (χ4v) is 2.56. The molecule has 0 radical (unpaired) electrons. The molecule has 1 aliphatic rings. The maximum Gasteiger partial charge on any atom is 0.239 e. The van der Waals surface area contributed by atoms with Gasteiger partial charge < -0.3 is 10.2 Å². The number of aromatic nitrogens is 2. The number of nitrogens with one attached hydrogen (secondary N) is 1. The number of hydrogen-bond donors (Lipinski definition) is 1. The van der Waals surface area contributed by atoms with Crippen LogP contribution in [-0.2, 0) is 16.9 Å². The molecule has 21 heavy (non-hydrogen) atoms. The Bertz CT molecular complexity index is 469. The molecule has 0 aromatic carbocycles. The fourth-order valence-electron chi connectivity index (χ4n) is 2.56. The zero-order valence-electron chi connectivity index (χ0n) is 13.7. The lowest BCUT2D eigenvalue weighted by molar-refractivity contribution is -0.133. The highest BCUT2D eigenvalue weighted by atomic mass is 16.2. The summed E-state index contributed by atoms with van der Waals surface area (Å²) in [6.45, 7) is 10.8. The SMILES string of the molecule is CC(NCc1cnn(C(C)(C)C)c1)C(=O)N1CCCCC1. The summed E-state index contributed by atoms with van der Waals surface area (Å²) in [7, 11) is 0. The molecule has 1 saturated heterocycles. The van der Waals surface area contributed by atoms with E-state index in [2.05, 4.69) is 31.2 Å². The lowest BCUT2D eigenvalue weighted by Gasteiger charge is -2.29. The van der Waals surface area contributed by atoms with E-state index < -0.39 is 0 Å². The van der Waals surface area contributed by atoms with Crippen molar-refractivity contribution < 1.29 is 4.79 Å². The Morgan fingerprint density at radius 1 is 1.33 bits per heavy atom. The molecule has 118 valence electrons. The maximum absolute atomic E-state index is 12.3. The maximum atomic E-state index is 12.3. The fraction of sp³-hybridized carbons (Fsp3) is 0.750. The Morgan fingerprint density at radius 3 is 2.57 bits per heavy atom. The second-order valence-corrected chi connectivity index (χ2v) is 6.95. The molecule has 1 aliphatic heterocycles. The third-order valence-electron chi connectivity index (χ3n) is 3.97. The van der Waals surface area contributed by atoms with Crippen molar-refractivity contribution in [2.45, 2.75) is 65.1 Å². The van der Waals surface area contributed by atoms with Crippen LogP contribution in [0.5, 0.6) is 0 Å². The highest BCUT2D eigenvalue weighted by molar-refractivity contribution is 5.81. The van der Waals surface area contributed by atoms with Gasteiger partial charge in [-0.05, 0) is 47.0 Å². The summed E-state index contributed by atoms with van der Waals surface area (Å²) >= 11 is 0. The van der Waals surface area contributed by atoms with E-state index >= 15 is 0 Å². The molecule has 1 aromatic heterocycles. The molecule has 5 nitrogen and oxygen atoms in total. The van der Waals surface area contributed by atoms with Gasteiger partial charge >= 0.3 is 0 Å². The largest absolute Gasteiger partial charge is 0.341 e. The van der Waals surface area contributed by atoms with E-state index in [0.717, 1.165) is 31.5 Å². The molecule has 1 N–H and O–H groups in total. The van der Waals surface area contributed by atoms with E-state index in [1.165, 1.54) is 6.42 Å². The predicted octanol–water partition coefficient (Wildman–Crippen LogP) is 2.13. The number of carbonyl (C=O) groups excluding carboxylic acids is 1. The van der Waals surface area contributed by atoms with Gasteiger partial charge in [0.05, 0.1) is 17.8 Å². The number of piperidine rings is 1. The number of hydrogen-bond acceptors (Lipinski definition) is 3. The average molecular weight is 292 g/mol. The summed E-state index contributed by atoms with van der Waals surface area (Å²) in [6, 6.07) is -0.138. The van der Waals surface area contributed by atoms with Gasteiger partial charge in [-0.15, -0.1) is 0 Å². The number of nitrogens with zero attached hydrogens (tertiary/aromatic N) is 3. The minimum atomic E-state index is -0.138. The summed E-state index contributed by atoms with van der Waals surface area (Å²) in [5, 5.41) is 7.70. The van der Waals surface area contributed by atoms with Crippen LogP contribution in [0, 0.1) is 0 Å². The first-order chi connectivity index (χ1) is 9.88. The van der Waals surface area contributed by atoms with Crippen LogP contribution in [0.2, 0.25) is 0 Å². The molecule has 0 saturated carbocycles. The Balaban J connectivity index is 1.84. The van der Waals surface area contributed by atoms with Gasteiger partial charge in [-0.3, -0.25) is 9.48 Å². The Labute approximate surface area is 127 Å². The van der Waals surface area contributed by atoms with E-state index in [4.69, 9.17) is 0 Å². The molecule has 1 unspecified atom stereocenters. The molecule has 2 heterocycles. The molecular weight excluding hydrogens is 264 g/mol. The van der Waals surface area contributed by atoms with Crippen LogP contribution >= 0.6 is 0 Å². The minimum absolute atomic E-state index is 0.00646. The number of likely N-dealkylation sites (tertiary alicyclic amines) is 1. The first-order valence-corrected chi connectivity index (χ1v) is 7.94.